The van der Waals surface area contributed by atoms with Crippen LogP contribution in [0.15, 0.2) is 12.5 Å². The number of likely N-dealkylation sites (tertiary alicyclic amines) is 1. The molecular weight excluding hydrogens is 370 g/mol. The predicted octanol–water partition coefficient (Wildman–Crippen LogP) is 1.88. The largest absolute Gasteiger partial charge is 0.340 e. The van der Waals surface area contributed by atoms with E-state index in [2.05, 4.69) is 25.4 Å². The van der Waals surface area contributed by atoms with E-state index in [0.29, 0.717) is 23.9 Å². The minimum absolute atomic E-state index is 0.0196. The third-order valence-electron chi connectivity index (χ3n) is 6.23. The SMILES string of the molecule is CN(CC1CCCN1C(=O)Cc1ncn[nH]1)C(=O)c1cn[nH]c1C1CCCCC1. The highest BCUT2D eigenvalue weighted by molar-refractivity contribution is 5.95. The fraction of sp³-hybridized carbons (Fsp3) is 0.650. The zero-order valence-electron chi connectivity index (χ0n) is 16.9. The van der Waals surface area contributed by atoms with Crippen molar-refractivity contribution >= 4 is 11.8 Å². The van der Waals surface area contributed by atoms with Gasteiger partial charge in [0.15, 0.2) is 0 Å². The monoisotopic (exact) mass is 399 g/mol. The zero-order valence-corrected chi connectivity index (χ0v) is 16.9. The predicted molar refractivity (Wildman–Crippen MR) is 106 cm³/mol. The van der Waals surface area contributed by atoms with Crippen molar-refractivity contribution in [1.82, 2.24) is 35.2 Å². The Bertz CT molecular complexity index is 826. The van der Waals surface area contributed by atoms with Crippen LogP contribution in [-0.4, -0.2) is 73.2 Å². The van der Waals surface area contributed by atoms with Crippen LogP contribution >= 0.6 is 0 Å². The maximum Gasteiger partial charge on any atom is 0.257 e. The lowest BCUT2D eigenvalue weighted by atomic mass is 9.85. The molecule has 2 aliphatic rings. The number of carbonyl (C=O) groups excluding carboxylic acids is 2. The number of rotatable bonds is 6. The molecule has 0 spiro atoms. The maximum absolute atomic E-state index is 13.1. The number of nitrogens with one attached hydrogen (secondary N) is 2. The first-order chi connectivity index (χ1) is 14.1. The van der Waals surface area contributed by atoms with Crippen LogP contribution in [0.25, 0.3) is 0 Å². The molecule has 1 aliphatic carbocycles. The van der Waals surface area contributed by atoms with Crippen LogP contribution in [0.3, 0.4) is 0 Å². The van der Waals surface area contributed by atoms with Gasteiger partial charge < -0.3 is 9.80 Å². The molecule has 156 valence electrons. The standard InChI is InChI=1S/C20H29N7O2/c1-26(20(29)16-11-22-25-19(16)14-6-3-2-4-7-14)12-15-8-5-9-27(15)18(28)10-17-21-13-23-24-17/h11,13-15H,2-10,12H2,1H3,(H,22,25)(H,21,23,24). The van der Waals surface area contributed by atoms with Gasteiger partial charge in [-0.25, -0.2) is 4.98 Å². The molecule has 9 heteroatoms. The van der Waals surface area contributed by atoms with E-state index in [1.165, 1.54) is 25.6 Å². The van der Waals surface area contributed by atoms with Crippen LogP contribution in [0.2, 0.25) is 0 Å². The van der Waals surface area contributed by atoms with Crippen LogP contribution in [0.5, 0.6) is 0 Å². The molecule has 2 amide bonds. The summed E-state index contributed by atoms with van der Waals surface area (Å²) in [6.07, 6.45) is 11.0. The molecule has 2 aromatic rings. The summed E-state index contributed by atoms with van der Waals surface area (Å²) in [6, 6.07) is 0.0319. The average molecular weight is 399 g/mol. The summed E-state index contributed by atoms with van der Waals surface area (Å²) in [5, 5.41) is 13.8. The third-order valence-corrected chi connectivity index (χ3v) is 6.23. The molecule has 0 bridgehead atoms. The van der Waals surface area contributed by atoms with Crippen LogP contribution < -0.4 is 0 Å². The highest BCUT2D eigenvalue weighted by Crippen LogP contribution is 2.33. The summed E-state index contributed by atoms with van der Waals surface area (Å²) in [6.45, 7) is 1.25. The molecule has 2 N–H and O–H groups in total. The van der Waals surface area contributed by atoms with Gasteiger partial charge in [-0.1, -0.05) is 19.3 Å². The van der Waals surface area contributed by atoms with E-state index in [1.807, 2.05) is 11.9 Å². The highest BCUT2D eigenvalue weighted by Gasteiger charge is 2.32. The van der Waals surface area contributed by atoms with E-state index < -0.39 is 0 Å². The summed E-state index contributed by atoms with van der Waals surface area (Å²) < 4.78 is 0. The lowest BCUT2D eigenvalue weighted by molar-refractivity contribution is -0.131. The van der Waals surface area contributed by atoms with Crippen molar-refractivity contribution in [2.45, 2.75) is 63.3 Å². The Balaban J connectivity index is 1.39. The van der Waals surface area contributed by atoms with Gasteiger partial charge in [0.25, 0.3) is 5.91 Å². The van der Waals surface area contributed by atoms with Crippen LogP contribution in [0, 0.1) is 0 Å². The normalized spacial score (nSPS) is 20.2. The van der Waals surface area contributed by atoms with Gasteiger partial charge >= 0.3 is 0 Å². The number of aromatic nitrogens is 5. The Kier molecular flexibility index (Phi) is 5.92. The van der Waals surface area contributed by atoms with Crippen molar-refractivity contribution in [2.24, 2.45) is 0 Å². The Hall–Kier alpha value is -2.71. The fourth-order valence-corrected chi connectivity index (χ4v) is 4.69. The number of hydrogen-bond acceptors (Lipinski definition) is 5. The van der Waals surface area contributed by atoms with Gasteiger partial charge in [-0.3, -0.25) is 19.8 Å². The quantitative estimate of drug-likeness (QED) is 0.770. The van der Waals surface area contributed by atoms with E-state index >= 15 is 0 Å². The topological polar surface area (TPSA) is 111 Å². The number of H-pyrrole nitrogens is 2. The van der Waals surface area contributed by atoms with Gasteiger partial charge in [0.2, 0.25) is 5.91 Å². The van der Waals surface area contributed by atoms with Crippen molar-refractivity contribution in [2.75, 3.05) is 20.1 Å². The molecule has 4 rings (SSSR count). The molecule has 1 saturated heterocycles. The summed E-state index contributed by atoms with van der Waals surface area (Å²) in [4.78, 5) is 33.5. The molecule has 0 aromatic carbocycles. The van der Waals surface area contributed by atoms with Crippen molar-refractivity contribution < 1.29 is 9.59 Å². The summed E-state index contributed by atoms with van der Waals surface area (Å²) in [7, 11) is 1.82. The average Bonchev–Trinajstić information content (AvgIpc) is 3.49. The van der Waals surface area contributed by atoms with E-state index in [0.717, 1.165) is 37.9 Å². The second kappa shape index (κ2) is 8.75. The third kappa shape index (κ3) is 4.33. The Morgan fingerprint density at radius 3 is 2.72 bits per heavy atom. The Labute approximate surface area is 170 Å². The number of nitrogens with zero attached hydrogens (tertiary/aromatic N) is 5. The molecule has 0 radical (unpaired) electrons. The first-order valence-corrected chi connectivity index (χ1v) is 10.6. The van der Waals surface area contributed by atoms with Gasteiger partial charge in [0, 0.05) is 32.1 Å². The minimum atomic E-state index is -0.0196. The molecular formula is C20H29N7O2. The molecule has 3 heterocycles. The number of likely N-dealkylation sites (N-methyl/N-ethyl adjacent to an activating group) is 1. The van der Waals surface area contributed by atoms with E-state index in [9.17, 15) is 9.59 Å². The van der Waals surface area contributed by atoms with Crippen molar-refractivity contribution in [3.63, 3.8) is 0 Å². The fourth-order valence-electron chi connectivity index (χ4n) is 4.69. The van der Waals surface area contributed by atoms with Crippen LogP contribution in [0.4, 0.5) is 0 Å². The number of aromatic amines is 2. The lowest BCUT2D eigenvalue weighted by Gasteiger charge is -2.29. The first-order valence-electron chi connectivity index (χ1n) is 10.6. The maximum atomic E-state index is 13.1. The molecule has 2 aromatic heterocycles. The molecule has 1 saturated carbocycles. The molecule has 9 nitrogen and oxygen atoms in total. The second-order valence-corrected chi connectivity index (χ2v) is 8.21. The number of amides is 2. The molecule has 2 fully saturated rings. The zero-order chi connectivity index (χ0) is 20.2. The van der Waals surface area contributed by atoms with Gasteiger partial charge in [-0.2, -0.15) is 10.2 Å². The van der Waals surface area contributed by atoms with Gasteiger partial charge in [-0.15, -0.1) is 0 Å². The Morgan fingerprint density at radius 2 is 1.97 bits per heavy atom. The van der Waals surface area contributed by atoms with Crippen LogP contribution in [0.1, 0.15) is 72.7 Å². The highest BCUT2D eigenvalue weighted by atomic mass is 16.2. The number of hydrogen-bond donors (Lipinski definition) is 2. The van der Waals surface area contributed by atoms with E-state index in [4.69, 9.17) is 0 Å². The summed E-state index contributed by atoms with van der Waals surface area (Å²) >= 11 is 0. The summed E-state index contributed by atoms with van der Waals surface area (Å²) in [5.74, 6) is 0.968. The smallest absolute Gasteiger partial charge is 0.257 e. The molecule has 29 heavy (non-hydrogen) atoms. The van der Waals surface area contributed by atoms with Gasteiger partial charge in [0.05, 0.1) is 23.9 Å². The minimum Gasteiger partial charge on any atom is -0.340 e. The lowest BCUT2D eigenvalue weighted by Crippen LogP contribution is -2.44. The molecule has 1 aliphatic heterocycles. The van der Waals surface area contributed by atoms with Crippen LogP contribution in [-0.2, 0) is 11.2 Å². The van der Waals surface area contributed by atoms with Crippen molar-refractivity contribution in [3.05, 3.63) is 29.6 Å². The molecule has 1 unspecified atom stereocenters. The van der Waals surface area contributed by atoms with Gasteiger partial charge in [-0.05, 0) is 25.7 Å². The number of carbonyl (C=O) groups is 2. The first kappa shape index (κ1) is 19.6. The molecule has 1 atom stereocenters. The van der Waals surface area contributed by atoms with Gasteiger partial charge in [0.1, 0.15) is 12.2 Å². The summed E-state index contributed by atoms with van der Waals surface area (Å²) in [5.41, 5.74) is 1.66. The Morgan fingerprint density at radius 1 is 1.14 bits per heavy atom. The van der Waals surface area contributed by atoms with E-state index in [1.54, 1.807) is 11.1 Å². The second-order valence-electron chi connectivity index (χ2n) is 8.21. The van der Waals surface area contributed by atoms with Crippen molar-refractivity contribution in [1.29, 1.82) is 0 Å². The van der Waals surface area contributed by atoms with Crippen molar-refractivity contribution in [3.8, 4) is 0 Å². The van der Waals surface area contributed by atoms with E-state index in [-0.39, 0.29) is 24.3 Å².